The van der Waals surface area contributed by atoms with Crippen LogP contribution in [0.5, 0.6) is 0 Å². The Balaban J connectivity index is 2.22. The minimum absolute atomic E-state index is 0.0472. The molecule has 1 aromatic carbocycles. The highest BCUT2D eigenvalue weighted by Crippen LogP contribution is 2.26. The molecular weight excluding hydrogens is 310 g/mol. The maximum atomic E-state index is 11.0. The van der Waals surface area contributed by atoms with Crippen LogP contribution in [0, 0.1) is 6.92 Å². The third-order valence-corrected chi connectivity index (χ3v) is 3.30. The van der Waals surface area contributed by atoms with Crippen molar-refractivity contribution in [2.75, 3.05) is 5.32 Å². The molecule has 0 aliphatic heterocycles. The minimum Gasteiger partial charge on any atom is -0.478 e. The smallest absolute Gasteiger partial charge is 0.335 e. The summed E-state index contributed by atoms with van der Waals surface area (Å²) in [7, 11) is 0. The lowest BCUT2D eigenvalue weighted by atomic mass is 10.1. The van der Waals surface area contributed by atoms with Gasteiger partial charge in [-0.05, 0) is 59.6 Å². The summed E-state index contributed by atoms with van der Waals surface area (Å²) in [4.78, 5) is 11.0. The van der Waals surface area contributed by atoms with Crippen molar-refractivity contribution in [2.24, 2.45) is 0 Å². The van der Waals surface area contributed by atoms with Crippen molar-refractivity contribution in [3.63, 3.8) is 0 Å². The Morgan fingerprint density at radius 3 is 2.68 bits per heavy atom. The number of furan rings is 1. The predicted octanol–water partition coefficient (Wildman–Crippen LogP) is 4.22. The maximum Gasteiger partial charge on any atom is 0.335 e. The lowest BCUT2D eigenvalue weighted by molar-refractivity contribution is 0.0697. The van der Waals surface area contributed by atoms with Gasteiger partial charge in [-0.15, -0.1) is 0 Å². The molecule has 100 valence electrons. The Hall–Kier alpha value is -1.75. The number of carboxylic acids is 1. The summed E-state index contributed by atoms with van der Waals surface area (Å²) >= 11 is 3.26. The van der Waals surface area contributed by atoms with Crippen molar-refractivity contribution in [3.8, 4) is 0 Å². The Kier molecular flexibility index (Phi) is 3.95. The molecule has 0 bridgehead atoms. The zero-order valence-electron chi connectivity index (χ0n) is 10.6. The lowest BCUT2D eigenvalue weighted by Gasteiger charge is -2.15. The monoisotopic (exact) mass is 323 g/mol. The van der Waals surface area contributed by atoms with Crippen LogP contribution >= 0.6 is 15.9 Å². The highest BCUT2D eigenvalue weighted by atomic mass is 79.9. The van der Waals surface area contributed by atoms with E-state index < -0.39 is 5.97 Å². The summed E-state index contributed by atoms with van der Waals surface area (Å²) in [5.74, 6) is -0.150. The van der Waals surface area contributed by atoms with Gasteiger partial charge in [-0.25, -0.2) is 4.79 Å². The van der Waals surface area contributed by atoms with Gasteiger partial charge in [-0.2, -0.15) is 0 Å². The topological polar surface area (TPSA) is 62.5 Å². The van der Waals surface area contributed by atoms with Crippen molar-refractivity contribution in [3.05, 3.63) is 51.9 Å². The van der Waals surface area contributed by atoms with E-state index in [-0.39, 0.29) is 11.6 Å². The molecule has 0 aliphatic rings. The number of nitrogens with one attached hydrogen (secondary N) is 1. The van der Waals surface area contributed by atoms with E-state index in [0.29, 0.717) is 4.67 Å². The Morgan fingerprint density at radius 2 is 2.11 bits per heavy atom. The van der Waals surface area contributed by atoms with Crippen LogP contribution in [0.1, 0.15) is 34.6 Å². The number of benzene rings is 1. The van der Waals surface area contributed by atoms with Gasteiger partial charge in [0.25, 0.3) is 0 Å². The van der Waals surface area contributed by atoms with Gasteiger partial charge in [0.1, 0.15) is 5.76 Å². The van der Waals surface area contributed by atoms with Gasteiger partial charge in [0.05, 0.1) is 11.6 Å². The molecule has 1 atom stereocenters. The zero-order chi connectivity index (χ0) is 14.0. The Bertz CT molecular complexity index is 606. The van der Waals surface area contributed by atoms with Crippen molar-refractivity contribution >= 4 is 27.6 Å². The summed E-state index contributed by atoms with van der Waals surface area (Å²) < 4.78 is 6.15. The fraction of sp³-hybridized carbons (Fsp3) is 0.214. The first kappa shape index (κ1) is 13.7. The highest BCUT2D eigenvalue weighted by Gasteiger charge is 2.12. The van der Waals surface area contributed by atoms with Crippen LogP contribution < -0.4 is 5.32 Å². The van der Waals surface area contributed by atoms with Gasteiger partial charge in [-0.1, -0.05) is 6.07 Å². The van der Waals surface area contributed by atoms with E-state index in [1.165, 1.54) is 0 Å². The van der Waals surface area contributed by atoms with E-state index in [9.17, 15) is 4.79 Å². The molecule has 5 heteroatoms. The van der Waals surface area contributed by atoms with Gasteiger partial charge in [0.15, 0.2) is 4.67 Å². The number of aryl methyl sites for hydroxylation is 1. The van der Waals surface area contributed by atoms with Crippen molar-refractivity contribution in [1.29, 1.82) is 0 Å². The van der Waals surface area contributed by atoms with Crippen LogP contribution in [0.15, 0.2) is 39.4 Å². The van der Waals surface area contributed by atoms with E-state index in [0.717, 1.165) is 17.0 Å². The molecule has 4 nitrogen and oxygen atoms in total. The molecule has 0 spiro atoms. The van der Waals surface area contributed by atoms with Gasteiger partial charge in [0.2, 0.25) is 0 Å². The SMILES string of the molecule is Cc1ccc(C(=O)O)cc1NC(C)c1ccc(Br)o1. The van der Waals surface area contributed by atoms with Crippen LogP contribution in [0.4, 0.5) is 5.69 Å². The summed E-state index contributed by atoms with van der Waals surface area (Å²) in [6.07, 6.45) is 0. The van der Waals surface area contributed by atoms with Crippen LogP contribution in [0.25, 0.3) is 0 Å². The number of halogens is 1. The average molecular weight is 324 g/mol. The second-order valence-corrected chi connectivity index (χ2v) is 5.12. The van der Waals surface area contributed by atoms with Gasteiger partial charge < -0.3 is 14.8 Å². The normalized spacial score (nSPS) is 12.2. The molecular formula is C14H14BrNO3. The summed E-state index contributed by atoms with van der Waals surface area (Å²) in [6.45, 7) is 3.89. The Morgan fingerprint density at radius 1 is 1.37 bits per heavy atom. The van der Waals surface area contributed by atoms with Crippen molar-refractivity contribution in [2.45, 2.75) is 19.9 Å². The molecule has 1 aromatic heterocycles. The van der Waals surface area contributed by atoms with Crippen molar-refractivity contribution < 1.29 is 14.3 Å². The molecule has 0 amide bonds. The summed E-state index contributed by atoms with van der Waals surface area (Å²) in [5.41, 5.74) is 2.04. The standard InChI is InChI=1S/C14H14BrNO3/c1-8-3-4-10(14(17)18)7-11(8)16-9(2)12-5-6-13(15)19-12/h3-7,9,16H,1-2H3,(H,17,18). The van der Waals surface area contributed by atoms with Gasteiger partial charge >= 0.3 is 5.97 Å². The molecule has 1 heterocycles. The third kappa shape index (κ3) is 3.17. The first-order valence-corrected chi connectivity index (χ1v) is 6.62. The van der Waals surface area contributed by atoms with E-state index in [1.54, 1.807) is 18.2 Å². The molecule has 1 unspecified atom stereocenters. The quantitative estimate of drug-likeness (QED) is 0.884. The van der Waals surface area contributed by atoms with Gasteiger partial charge in [0, 0.05) is 5.69 Å². The molecule has 0 saturated heterocycles. The number of hydrogen-bond donors (Lipinski definition) is 2. The number of anilines is 1. The van der Waals surface area contributed by atoms with E-state index in [1.807, 2.05) is 26.0 Å². The maximum absolute atomic E-state index is 11.0. The number of rotatable bonds is 4. The fourth-order valence-corrected chi connectivity index (χ4v) is 2.10. The first-order valence-electron chi connectivity index (χ1n) is 5.83. The number of aromatic carboxylic acids is 1. The van der Waals surface area contributed by atoms with Gasteiger partial charge in [-0.3, -0.25) is 0 Å². The fourth-order valence-electron chi connectivity index (χ4n) is 1.78. The molecule has 0 aliphatic carbocycles. The van der Waals surface area contributed by atoms with E-state index in [4.69, 9.17) is 9.52 Å². The molecule has 2 aromatic rings. The Labute approximate surface area is 119 Å². The lowest BCUT2D eigenvalue weighted by Crippen LogP contribution is -2.08. The largest absolute Gasteiger partial charge is 0.478 e. The predicted molar refractivity (Wildman–Crippen MR) is 76.6 cm³/mol. The molecule has 0 fully saturated rings. The molecule has 0 radical (unpaired) electrons. The third-order valence-electron chi connectivity index (χ3n) is 2.88. The minimum atomic E-state index is -0.934. The number of carbonyl (C=O) groups is 1. The van der Waals surface area contributed by atoms with Crippen LogP contribution in [0.3, 0.4) is 0 Å². The molecule has 2 rings (SSSR count). The zero-order valence-corrected chi connectivity index (χ0v) is 12.2. The first-order chi connectivity index (χ1) is 8.97. The van der Waals surface area contributed by atoms with E-state index >= 15 is 0 Å². The number of hydrogen-bond acceptors (Lipinski definition) is 3. The molecule has 2 N–H and O–H groups in total. The van der Waals surface area contributed by atoms with Crippen LogP contribution in [0.2, 0.25) is 0 Å². The van der Waals surface area contributed by atoms with Crippen LogP contribution in [-0.4, -0.2) is 11.1 Å². The van der Waals surface area contributed by atoms with Crippen LogP contribution in [-0.2, 0) is 0 Å². The summed E-state index contributed by atoms with van der Waals surface area (Å²) in [5, 5.41) is 12.3. The average Bonchev–Trinajstić information content (AvgIpc) is 2.78. The van der Waals surface area contributed by atoms with Crippen molar-refractivity contribution in [1.82, 2.24) is 0 Å². The van der Waals surface area contributed by atoms with E-state index in [2.05, 4.69) is 21.2 Å². The number of carboxylic acid groups (broad SMARTS) is 1. The molecule has 19 heavy (non-hydrogen) atoms. The second-order valence-electron chi connectivity index (χ2n) is 4.34. The second kappa shape index (κ2) is 5.48. The summed E-state index contributed by atoms with van der Waals surface area (Å²) in [6, 6.07) is 8.67. The molecule has 0 saturated carbocycles. The highest BCUT2D eigenvalue weighted by molar-refractivity contribution is 9.10.